The number of amides is 2. The summed E-state index contributed by atoms with van der Waals surface area (Å²) in [6, 6.07) is 13.4. The van der Waals surface area contributed by atoms with Crippen molar-refractivity contribution < 1.29 is 23.9 Å². The van der Waals surface area contributed by atoms with Crippen LogP contribution in [0.4, 0.5) is 0 Å². The Morgan fingerprint density at radius 2 is 1.97 bits per heavy atom. The van der Waals surface area contributed by atoms with Gasteiger partial charge in [0.2, 0.25) is 5.91 Å². The van der Waals surface area contributed by atoms with E-state index in [2.05, 4.69) is 21.2 Å². The summed E-state index contributed by atoms with van der Waals surface area (Å²) >= 11 is 3.40. The molecule has 1 heterocycles. The Morgan fingerprint density at radius 3 is 2.67 bits per heavy atom. The van der Waals surface area contributed by atoms with Gasteiger partial charge in [0.15, 0.2) is 0 Å². The van der Waals surface area contributed by atoms with Gasteiger partial charge in [-0.15, -0.1) is 0 Å². The van der Waals surface area contributed by atoms with Crippen LogP contribution in [0.1, 0.15) is 29.3 Å². The summed E-state index contributed by atoms with van der Waals surface area (Å²) in [6.45, 7) is 3.14. The van der Waals surface area contributed by atoms with Crippen LogP contribution in [0.25, 0.3) is 0 Å². The first-order valence-electron chi connectivity index (χ1n) is 9.70. The Balaban J connectivity index is 1.69. The number of halogens is 1. The molecule has 0 aromatic heterocycles. The van der Waals surface area contributed by atoms with Crippen molar-refractivity contribution in [3.8, 4) is 5.75 Å². The summed E-state index contributed by atoms with van der Waals surface area (Å²) in [5.74, 6) is -0.594. The van der Waals surface area contributed by atoms with Crippen molar-refractivity contribution in [1.29, 1.82) is 0 Å². The van der Waals surface area contributed by atoms with Gasteiger partial charge in [-0.3, -0.25) is 14.4 Å². The summed E-state index contributed by atoms with van der Waals surface area (Å²) in [6.07, 6.45) is -0.206. The maximum Gasteiger partial charge on any atom is 0.308 e. The molecule has 0 saturated carbocycles. The maximum atomic E-state index is 13.1. The number of hydrogen-bond acceptors (Lipinski definition) is 5. The van der Waals surface area contributed by atoms with E-state index in [4.69, 9.17) is 9.47 Å². The molecule has 2 amide bonds. The number of carbonyl (C=O) groups excluding carboxylic acids is 3. The Bertz CT molecular complexity index is 919. The number of hydrogen-bond donors (Lipinski definition) is 1. The van der Waals surface area contributed by atoms with Crippen LogP contribution in [-0.4, -0.2) is 48.4 Å². The standard InChI is InChI=1S/C22H23BrN2O5/c1-2-29-19-9-8-16(12-17(19)23)22(28)25-11-10-24-21(27)18(25)13-20(26)30-14-15-6-4-3-5-7-15/h3-9,12,18H,2,10-11,13-14H2,1H3,(H,24,27). The molecular formula is C22H23BrN2O5. The van der Waals surface area contributed by atoms with Crippen LogP contribution in [0, 0.1) is 0 Å². The van der Waals surface area contributed by atoms with Crippen LogP contribution in [0.5, 0.6) is 5.75 Å². The molecule has 1 unspecified atom stereocenters. The monoisotopic (exact) mass is 474 g/mol. The average molecular weight is 475 g/mol. The predicted molar refractivity (Wildman–Crippen MR) is 114 cm³/mol. The Hall–Kier alpha value is -2.87. The van der Waals surface area contributed by atoms with E-state index in [0.717, 1.165) is 5.56 Å². The first kappa shape index (κ1) is 21.8. The minimum Gasteiger partial charge on any atom is -0.493 e. The molecule has 1 N–H and O–H groups in total. The van der Waals surface area contributed by atoms with E-state index in [1.807, 2.05) is 37.3 Å². The van der Waals surface area contributed by atoms with Crippen LogP contribution in [0.2, 0.25) is 0 Å². The minimum atomic E-state index is -0.917. The van der Waals surface area contributed by atoms with E-state index in [0.29, 0.717) is 35.5 Å². The SMILES string of the molecule is CCOc1ccc(C(=O)N2CCNC(=O)C2CC(=O)OCc2ccccc2)cc1Br. The van der Waals surface area contributed by atoms with Crippen molar-refractivity contribution in [3.05, 3.63) is 64.1 Å². The minimum absolute atomic E-state index is 0.119. The third kappa shape index (κ3) is 5.38. The van der Waals surface area contributed by atoms with Gasteiger partial charge in [0.05, 0.1) is 17.5 Å². The quantitative estimate of drug-likeness (QED) is 0.623. The van der Waals surface area contributed by atoms with Crippen LogP contribution in [0.15, 0.2) is 53.0 Å². The highest BCUT2D eigenvalue weighted by atomic mass is 79.9. The van der Waals surface area contributed by atoms with Gasteiger partial charge in [-0.05, 0) is 46.6 Å². The van der Waals surface area contributed by atoms with E-state index < -0.39 is 12.0 Å². The van der Waals surface area contributed by atoms with Gasteiger partial charge in [0.1, 0.15) is 18.4 Å². The number of benzene rings is 2. The first-order chi connectivity index (χ1) is 14.5. The Kier molecular flexibility index (Phi) is 7.46. The third-order valence-corrected chi connectivity index (χ3v) is 5.29. The van der Waals surface area contributed by atoms with E-state index >= 15 is 0 Å². The van der Waals surface area contributed by atoms with Crippen molar-refractivity contribution in [3.63, 3.8) is 0 Å². The molecule has 1 fully saturated rings. The van der Waals surface area contributed by atoms with Crippen molar-refractivity contribution in [2.45, 2.75) is 26.0 Å². The molecule has 1 aliphatic rings. The van der Waals surface area contributed by atoms with Crippen LogP contribution < -0.4 is 10.1 Å². The molecule has 0 spiro atoms. The fraction of sp³-hybridized carbons (Fsp3) is 0.318. The molecule has 2 aromatic rings. The molecular weight excluding hydrogens is 452 g/mol. The lowest BCUT2D eigenvalue weighted by atomic mass is 10.1. The van der Waals surface area contributed by atoms with Gasteiger partial charge < -0.3 is 19.7 Å². The molecule has 1 atom stereocenters. The zero-order valence-corrected chi connectivity index (χ0v) is 18.2. The predicted octanol–water partition coefficient (Wildman–Crippen LogP) is 2.92. The highest BCUT2D eigenvalue weighted by Crippen LogP contribution is 2.27. The van der Waals surface area contributed by atoms with Gasteiger partial charge in [-0.2, -0.15) is 0 Å². The van der Waals surface area contributed by atoms with Crippen LogP contribution in [0.3, 0.4) is 0 Å². The summed E-state index contributed by atoms with van der Waals surface area (Å²) in [7, 11) is 0. The molecule has 0 radical (unpaired) electrons. The fourth-order valence-corrected chi connectivity index (χ4v) is 3.68. The van der Waals surface area contributed by atoms with E-state index in [1.165, 1.54) is 4.90 Å². The lowest BCUT2D eigenvalue weighted by Gasteiger charge is -2.34. The average Bonchev–Trinajstić information content (AvgIpc) is 2.75. The van der Waals surface area contributed by atoms with Gasteiger partial charge >= 0.3 is 5.97 Å². The van der Waals surface area contributed by atoms with Crippen molar-refractivity contribution >= 4 is 33.7 Å². The summed E-state index contributed by atoms with van der Waals surface area (Å²) in [5, 5.41) is 2.71. The topological polar surface area (TPSA) is 84.9 Å². The zero-order chi connectivity index (χ0) is 21.5. The smallest absolute Gasteiger partial charge is 0.308 e. The maximum absolute atomic E-state index is 13.1. The first-order valence-corrected chi connectivity index (χ1v) is 10.5. The number of esters is 1. The van der Waals surface area contributed by atoms with Crippen molar-refractivity contribution in [2.75, 3.05) is 19.7 Å². The lowest BCUT2D eigenvalue weighted by molar-refractivity contribution is -0.148. The molecule has 0 aliphatic carbocycles. The second-order valence-electron chi connectivity index (χ2n) is 6.73. The van der Waals surface area contributed by atoms with E-state index in [1.54, 1.807) is 18.2 Å². The van der Waals surface area contributed by atoms with Gasteiger partial charge in [0.25, 0.3) is 5.91 Å². The molecule has 8 heteroatoms. The molecule has 2 aromatic carbocycles. The summed E-state index contributed by atoms with van der Waals surface area (Å²) < 4.78 is 11.4. The second kappa shape index (κ2) is 10.2. The highest BCUT2D eigenvalue weighted by Gasteiger charge is 2.35. The van der Waals surface area contributed by atoms with Crippen molar-refractivity contribution in [2.24, 2.45) is 0 Å². The number of ether oxygens (including phenoxy) is 2. The number of piperazine rings is 1. The van der Waals surface area contributed by atoms with Crippen LogP contribution in [-0.2, 0) is 20.9 Å². The number of rotatable bonds is 7. The second-order valence-corrected chi connectivity index (χ2v) is 7.59. The molecule has 158 valence electrons. The van der Waals surface area contributed by atoms with Gasteiger partial charge in [-0.1, -0.05) is 30.3 Å². The molecule has 30 heavy (non-hydrogen) atoms. The third-order valence-electron chi connectivity index (χ3n) is 4.67. The fourth-order valence-electron chi connectivity index (χ4n) is 3.19. The normalized spacial score (nSPS) is 16.0. The number of nitrogens with one attached hydrogen (secondary N) is 1. The molecule has 1 saturated heterocycles. The Morgan fingerprint density at radius 1 is 1.20 bits per heavy atom. The molecule has 0 bridgehead atoms. The van der Waals surface area contributed by atoms with Crippen LogP contribution >= 0.6 is 15.9 Å². The molecule has 7 nitrogen and oxygen atoms in total. The number of nitrogens with zero attached hydrogens (tertiary/aromatic N) is 1. The largest absolute Gasteiger partial charge is 0.493 e. The highest BCUT2D eigenvalue weighted by molar-refractivity contribution is 9.10. The zero-order valence-electron chi connectivity index (χ0n) is 16.6. The van der Waals surface area contributed by atoms with E-state index in [9.17, 15) is 14.4 Å². The summed E-state index contributed by atoms with van der Waals surface area (Å²) in [5.41, 5.74) is 1.26. The lowest BCUT2D eigenvalue weighted by Crippen LogP contribution is -2.57. The van der Waals surface area contributed by atoms with E-state index in [-0.39, 0.29) is 24.8 Å². The summed E-state index contributed by atoms with van der Waals surface area (Å²) in [4.78, 5) is 39.2. The van der Waals surface area contributed by atoms with Crippen molar-refractivity contribution in [1.82, 2.24) is 10.2 Å². The number of carbonyl (C=O) groups is 3. The van der Waals surface area contributed by atoms with Gasteiger partial charge in [0, 0.05) is 18.7 Å². The molecule has 1 aliphatic heterocycles. The molecule has 3 rings (SSSR count). The van der Waals surface area contributed by atoms with Gasteiger partial charge in [-0.25, -0.2) is 0 Å². The Labute approximate surface area is 183 Å².